The topological polar surface area (TPSA) is 100 Å². The Morgan fingerprint density at radius 2 is 1.83 bits per heavy atom. The predicted octanol–water partition coefficient (Wildman–Crippen LogP) is 3.31. The van der Waals surface area contributed by atoms with Gasteiger partial charge in [-0.05, 0) is 31.0 Å². The molecule has 0 aliphatic rings. The summed E-state index contributed by atoms with van der Waals surface area (Å²) in [5.74, 6) is -1.00. The molecule has 0 atom stereocenters. The number of rotatable bonds is 9. The molecule has 2 aromatic carbocycles. The van der Waals surface area contributed by atoms with Crippen LogP contribution in [0.4, 0.5) is 0 Å². The minimum absolute atomic E-state index is 0.305. The monoisotopic (exact) mass is 433 g/mol. The van der Waals surface area contributed by atoms with Gasteiger partial charge in [0.2, 0.25) is 5.76 Å². The molecule has 9 heteroatoms. The second-order valence-corrected chi connectivity index (χ2v) is 7.89. The number of oxime groups is 1. The number of carbonyl (C=O) groups is 1. The largest absolute Gasteiger partial charge is 0.463 e. The SMILES string of the molecule is COC(=O)C(=COS(C)(=O)=O)Oc1cc(C(C)=NOCc2ccccc2)ccc1C. The summed E-state index contributed by atoms with van der Waals surface area (Å²) in [5, 5.41) is 4.11. The Kier molecular flexibility index (Phi) is 7.99. The van der Waals surface area contributed by atoms with Gasteiger partial charge in [-0.25, -0.2) is 4.79 Å². The molecule has 0 unspecified atom stereocenters. The Bertz CT molecular complexity index is 1040. The van der Waals surface area contributed by atoms with Crippen molar-refractivity contribution in [2.45, 2.75) is 20.5 Å². The fourth-order valence-electron chi connectivity index (χ4n) is 2.23. The van der Waals surface area contributed by atoms with Gasteiger partial charge in [-0.3, -0.25) is 0 Å². The van der Waals surface area contributed by atoms with Gasteiger partial charge in [-0.1, -0.05) is 47.6 Å². The van der Waals surface area contributed by atoms with E-state index in [1.54, 1.807) is 26.0 Å². The number of aryl methyl sites for hydroxylation is 1. The lowest BCUT2D eigenvalue weighted by atomic mass is 10.1. The Balaban J connectivity index is 2.19. The second kappa shape index (κ2) is 10.4. The highest BCUT2D eigenvalue weighted by Gasteiger charge is 2.17. The van der Waals surface area contributed by atoms with E-state index in [-0.39, 0.29) is 0 Å². The highest BCUT2D eigenvalue weighted by molar-refractivity contribution is 7.86. The van der Waals surface area contributed by atoms with E-state index in [1.807, 2.05) is 36.4 Å². The molecule has 2 rings (SSSR count). The first-order valence-corrected chi connectivity index (χ1v) is 10.7. The molecule has 0 bridgehead atoms. The summed E-state index contributed by atoms with van der Waals surface area (Å²) in [6, 6.07) is 14.9. The van der Waals surface area contributed by atoms with E-state index in [2.05, 4.69) is 14.1 Å². The zero-order valence-corrected chi connectivity index (χ0v) is 17.9. The van der Waals surface area contributed by atoms with E-state index >= 15 is 0 Å². The van der Waals surface area contributed by atoms with E-state index in [4.69, 9.17) is 9.57 Å². The van der Waals surface area contributed by atoms with Crippen LogP contribution in [0.1, 0.15) is 23.6 Å². The third kappa shape index (κ3) is 7.25. The average molecular weight is 433 g/mol. The van der Waals surface area contributed by atoms with Gasteiger partial charge in [0.1, 0.15) is 12.4 Å². The minimum atomic E-state index is -3.82. The second-order valence-electron chi connectivity index (χ2n) is 6.29. The molecule has 0 fully saturated rings. The normalized spacial score (nSPS) is 12.3. The highest BCUT2D eigenvalue weighted by Crippen LogP contribution is 2.23. The van der Waals surface area contributed by atoms with Crippen molar-refractivity contribution in [1.29, 1.82) is 0 Å². The van der Waals surface area contributed by atoms with Crippen molar-refractivity contribution < 1.29 is 31.7 Å². The summed E-state index contributed by atoms with van der Waals surface area (Å²) in [6.45, 7) is 3.86. The fraction of sp³-hybridized carbons (Fsp3) is 0.238. The molecule has 0 saturated carbocycles. The van der Waals surface area contributed by atoms with Crippen LogP contribution in [0.5, 0.6) is 5.75 Å². The maximum atomic E-state index is 11.9. The van der Waals surface area contributed by atoms with E-state index in [0.29, 0.717) is 35.5 Å². The minimum Gasteiger partial charge on any atom is -0.463 e. The lowest BCUT2D eigenvalue weighted by Crippen LogP contribution is -2.13. The first-order valence-electron chi connectivity index (χ1n) is 8.85. The molecule has 0 heterocycles. The summed E-state index contributed by atoms with van der Waals surface area (Å²) in [4.78, 5) is 17.3. The number of hydrogen-bond donors (Lipinski definition) is 0. The van der Waals surface area contributed by atoms with Gasteiger partial charge in [0, 0.05) is 5.56 Å². The maximum Gasteiger partial charge on any atom is 0.377 e. The first kappa shape index (κ1) is 23.0. The number of benzene rings is 2. The van der Waals surface area contributed by atoms with Crippen LogP contribution < -0.4 is 4.74 Å². The van der Waals surface area contributed by atoms with Crippen molar-refractivity contribution in [3.8, 4) is 5.75 Å². The van der Waals surface area contributed by atoms with Gasteiger partial charge < -0.3 is 18.5 Å². The molecule has 0 saturated heterocycles. The summed E-state index contributed by atoms with van der Waals surface area (Å²) >= 11 is 0. The molecule has 0 amide bonds. The van der Waals surface area contributed by atoms with E-state index in [0.717, 1.165) is 18.9 Å². The van der Waals surface area contributed by atoms with Crippen molar-refractivity contribution in [2.75, 3.05) is 13.4 Å². The summed E-state index contributed by atoms with van der Waals surface area (Å²) in [5.41, 5.74) is 2.97. The van der Waals surface area contributed by atoms with Gasteiger partial charge >= 0.3 is 16.1 Å². The van der Waals surface area contributed by atoms with Crippen LogP contribution in [0.25, 0.3) is 0 Å². The molecule has 0 radical (unpaired) electrons. The Morgan fingerprint density at radius 3 is 2.47 bits per heavy atom. The molecule has 8 nitrogen and oxygen atoms in total. The van der Waals surface area contributed by atoms with Gasteiger partial charge in [-0.2, -0.15) is 8.42 Å². The molecule has 160 valence electrons. The number of hydrogen-bond acceptors (Lipinski definition) is 8. The van der Waals surface area contributed by atoms with Gasteiger partial charge in [-0.15, -0.1) is 0 Å². The molecule has 0 aliphatic heterocycles. The van der Waals surface area contributed by atoms with E-state index in [1.165, 1.54) is 0 Å². The lowest BCUT2D eigenvalue weighted by Gasteiger charge is -2.12. The zero-order chi connectivity index (χ0) is 22.1. The lowest BCUT2D eigenvalue weighted by molar-refractivity contribution is -0.138. The first-order chi connectivity index (χ1) is 14.2. The van der Waals surface area contributed by atoms with Gasteiger partial charge in [0.15, 0.2) is 6.26 Å². The predicted molar refractivity (Wildman–Crippen MR) is 111 cm³/mol. The van der Waals surface area contributed by atoms with Crippen molar-refractivity contribution in [3.63, 3.8) is 0 Å². The van der Waals surface area contributed by atoms with Crippen LogP contribution in [0.15, 0.2) is 65.7 Å². The van der Waals surface area contributed by atoms with Crippen LogP contribution in [0.3, 0.4) is 0 Å². The smallest absolute Gasteiger partial charge is 0.377 e. The molecular weight excluding hydrogens is 410 g/mol. The quantitative estimate of drug-likeness (QED) is 0.149. The summed E-state index contributed by atoms with van der Waals surface area (Å²) in [7, 11) is -2.67. The number of methoxy groups -OCH3 is 1. The molecule has 2 aromatic rings. The Morgan fingerprint density at radius 1 is 1.13 bits per heavy atom. The average Bonchev–Trinajstić information content (AvgIpc) is 2.71. The Labute approximate surface area is 175 Å². The number of carbonyl (C=O) groups excluding carboxylic acids is 1. The zero-order valence-electron chi connectivity index (χ0n) is 17.1. The van der Waals surface area contributed by atoms with Gasteiger partial charge in [0.25, 0.3) is 0 Å². The molecule has 0 aromatic heterocycles. The Hall–Kier alpha value is -3.33. The number of nitrogens with zero attached hydrogens (tertiary/aromatic N) is 1. The third-order valence-corrected chi connectivity index (χ3v) is 4.26. The summed E-state index contributed by atoms with van der Waals surface area (Å²) < 4.78 is 37.1. The van der Waals surface area contributed by atoms with Crippen LogP contribution in [0.2, 0.25) is 0 Å². The van der Waals surface area contributed by atoms with Crippen molar-refractivity contribution in [2.24, 2.45) is 5.16 Å². The maximum absolute atomic E-state index is 11.9. The van der Waals surface area contributed by atoms with E-state index < -0.39 is 21.8 Å². The van der Waals surface area contributed by atoms with Crippen LogP contribution in [-0.2, 0) is 35.3 Å². The molecule has 30 heavy (non-hydrogen) atoms. The fourth-order valence-corrected chi connectivity index (χ4v) is 2.49. The highest BCUT2D eigenvalue weighted by atomic mass is 32.2. The van der Waals surface area contributed by atoms with Crippen molar-refractivity contribution in [1.82, 2.24) is 0 Å². The van der Waals surface area contributed by atoms with E-state index in [9.17, 15) is 13.2 Å². The van der Waals surface area contributed by atoms with Crippen LogP contribution in [0, 0.1) is 6.92 Å². The molecule has 0 spiro atoms. The van der Waals surface area contributed by atoms with Crippen LogP contribution in [-0.4, -0.2) is 33.5 Å². The van der Waals surface area contributed by atoms with Crippen molar-refractivity contribution >= 4 is 21.8 Å². The summed E-state index contributed by atoms with van der Waals surface area (Å²) in [6.07, 6.45) is 1.54. The van der Waals surface area contributed by atoms with Crippen LogP contribution >= 0.6 is 0 Å². The standard InChI is InChI=1S/C21H23NO7S/c1-15-10-11-18(16(2)22-27-13-17-8-6-5-7-9-17)12-19(15)29-20(21(23)26-3)14-28-30(4,24)25/h5-12,14H,13H2,1-4H3. The third-order valence-electron chi connectivity index (χ3n) is 3.82. The number of ether oxygens (including phenoxy) is 2. The van der Waals surface area contributed by atoms with Gasteiger partial charge in [0.05, 0.1) is 19.1 Å². The number of esters is 1. The molecule has 0 N–H and O–H groups in total. The molecular formula is C21H23NO7S. The van der Waals surface area contributed by atoms with Crippen molar-refractivity contribution in [3.05, 3.63) is 77.2 Å². The molecule has 0 aliphatic carbocycles.